The van der Waals surface area contributed by atoms with Crippen LogP contribution in [0.5, 0.6) is 11.5 Å². The van der Waals surface area contributed by atoms with E-state index < -0.39 is 0 Å². The number of para-hydroxylation sites is 1. The van der Waals surface area contributed by atoms with E-state index in [1.807, 2.05) is 12.1 Å². The fourth-order valence-corrected chi connectivity index (χ4v) is 3.12. The van der Waals surface area contributed by atoms with Gasteiger partial charge in [0.05, 0.1) is 6.61 Å². The van der Waals surface area contributed by atoms with E-state index in [-0.39, 0.29) is 11.0 Å². The number of rotatable bonds is 4. The van der Waals surface area contributed by atoms with Crippen LogP contribution in [0.4, 0.5) is 0 Å². The molecule has 2 nitrogen and oxygen atoms in total. The van der Waals surface area contributed by atoms with Crippen molar-refractivity contribution >= 4 is 12.6 Å². The van der Waals surface area contributed by atoms with Gasteiger partial charge in [0.2, 0.25) is 0 Å². The molecule has 0 aliphatic carbocycles. The van der Waals surface area contributed by atoms with E-state index in [0.29, 0.717) is 12.5 Å². The molecule has 1 unspecified atom stereocenters. The fourth-order valence-electron chi connectivity index (χ4n) is 2.47. The maximum atomic E-state index is 6.05. The molecule has 0 N–H and O–H groups in total. The first kappa shape index (κ1) is 15.6. The van der Waals surface area contributed by atoms with Crippen LogP contribution < -0.4 is 9.47 Å². The lowest BCUT2D eigenvalue weighted by molar-refractivity contribution is 0.123. The van der Waals surface area contributed by atoms with Gasteiger partial charge in [0.25, 0.3) is 0 Å². The molecule has 0 fully saturated rings. The molecule has 0 radical (unpaired) electrons. The van der Waals surface area contributed by atoms with Gasteiger partial charge in [-0.1, -0.05) is 32.9 Å². The van der Waals surface area contributed by atoms with E-state index in [2.05, 4.69) is 53.3 Å². The predicted molar refractivity (Wildman–Crippen MR) is 87.1 cm³/mol. The Morgan fingerprint density at radius 3 is 2.65 bits per heavy atom. The van der Waals surface area contributed by atoms with Crippen molar-refractivity contribution in [2.75, 3.05) is 12.4 Å². The van der Waals surface area contributed by atoms with Gasteiger partial charge in [-0.25, -0.2) is 0 Å². The highest BCUT2D eigenvalue weighted by molar-refractivity contribution is 7.80. The number of hydrogen-bond acceptors (Lipinski definition) is 3. The molecule has 0 amide bonds. The van der Waals surface area contributed by atoms with Crippen molar-refractivity contribution in [3.8, 4) is 11.5 Å². The van der Waals surface area contributed by atoms with Crippen LogP contribution in [0.25, 0.3) is 0 Å². The summed E-state index contributed by atoms with van der Waals surface area (Å²) < 4.78 is 12.1. The van der Waals surface area contributed by atoms with Gasteiger partial charge in [-0.2, -0.15) is 12.6 Å². The summed E-state index contributed by atoms with van der Waals surface area (Å²) in [7, 11) is 0. The van der Waals surface area contributed by atoms with Crippen LogP contribution in [0.3, 0.4) is 0 Å². The van der Waals surface area contributed by atoms with Crippen molar-refractivity contribution in [1.82, 2.24) is 0 Å². The Bertz CT molecular complexity index is 474. The van der Waals surface area contributed by atoms with Gasteiger partial charge in [-0.05, 0) is 31.1 Å². The Kier molecular flexibility index (Phi) is 4.29. The minimum Gasteiger partial charge on any atom is -0.489 e. The van der Waals surface area contributed by atoms with E-state index in [0.717, 1.165) is 23.7 Å². The second-order valence-electron chi connectivity index (χ2n) is 7.34. The summed E-state index contributed by atoms with van der Waals surface area (Å²) in [4.78, 5) is 0. The first-order valence-electron chi connectivity index (χ1n) is 7.27. The molecule has 1 aliphatic rings. The molecule has 0 aromatic heterocycles. The fraction of sp³-hybridized carbons (Fsp3) is 0.647. The second-order valence-corrected chi connectivity index (χ2v) is 7.70. The molecule has 20 heavy (non-hydrogen) atoms. The van der Waals surface area contributed by atoms with Crippen LogP contribution in [0.15, 0.2) is 18.2 Å². The third-order valence-corrected chi connectivity index (χ3v) is 4.38. The summed E-state index contributed by atoms with van der Waals surface area (Å²) in [6.45, 7) is 11.6. The first-order valence-corrected chi connectivity index (χ1v) is 7.91. The monoisotopic (exact) mass is 294 g/mol. The van der Waals surface area contributed by atoms with Crippen molar-refractivity contribution in [2.45, 2.75) is 46.6 Å². The van der Waals surface area contributed by atoms with Crippen LogP contribution in [-0.2, 0) is 6.42 Å². The molecule has 0 spiro atoms. The molecule has 1 aromatic rings. The number of thiol groups is 1. The third kappa shape index (κ3) is 3.43. The smallest absolute Gasteiger partial charge is 0.165 e. The average Bonchev–Trinajstić information content (AvgIpc) is 2.62. The number of fused-ring (bicyclic) bond motifs is 1. The summed E-state index contributed by atoms with van der Waals surface area (Å²) in [6, 6.07) is 6.17. The average molecular weight is 294 g/mol. The summed E-state index contributed by atoms with van der Waals surface area (Å²) >= 11 is 4.45. The highest BCUT2D eigenvalue weighted by Crippen LogP contribution is 2.42. The molecule has 3 heteroatoms. The van der Waals surface area contributed by atoms with Gasteiger partial charge in [0.1, 0.15) is 5.60 Å². The molecule has 0 saturated carbocycles. The molecular weight excluding hydrogens is 268 g/mol. The maximum Gasteiger partial charge on any atom is 0.165 e. The van der Waals surface area contributed by atoms with Crippen molar-refractivity contribution in [3.05, 3.63) is 23.8 Å². The normalized spacial score (nSPS) is 18.3. The molecular formula is C17H26O2S. The van der Waals surface area contributed by atoms with Crippen molar-refractivity contribution in [1.29, 1.82) is 0 Å². The van der Waals surface area contributed by atoms with E-state index in [1.54, 1.807) is 0 Å². The Labute approximate surface area is 128 Å². The lowest BCUT2D eigenvalue weighted by atomic mass is 9.82. The van der Waals surface area contributed by atoms with E-state index in [1.165, 1.54) is 5.56 Å². The maximum absolute atomic E-state index is 6.05. The lowest BCUT2D eigenvalue weighted by Crippen LogP contribution is -2.28. The summed E-state index contributed by atoms with van der Waals surface area (Å²) in [5.74, 6) is 3.02. The van der Waals surface area contributed by atoms with Crippen LogP contribution in [-0.4, -0.2) is 18.0 Å². The van der Waals surface area contributed by atoms with Gasteiger partial charge in [0.15, 0.2) is 11.5 Å². The molecule has 0 saturated heterocycles. The van der Waals surface area contributed by atoms with Crippen molar-refractivity contribution in [3.63, 3.8) is 0 Å². The topological polar surface area (TPSA) is 18.5 Å². The zero-order valence-electron chi connectivity index (χ0n) is 13.2. The van der Waals surface area contributed by atoms with Crippen molar-refractivity contribution < 1.29 is 9.47 Å². The SMILES string of the molecule is CC1(C)Cc2cccc(OCC(CS)C(C)(C)C)c2O1. The van der Waals surface area contributed by atoms with Crippen LogP contribution in [0.1, 0.15) is 40.2 Å². The Hall–Kier alpha value is -0.830. The summed E-state index contributed by atoms with van der Waals surface area (Å²) in [6.07, 6.45) is 0.939. The largest absolute Gasteiger partial charge is 0.489 e. The number of hydrogen-bond donors (Lipinski definition) is 1. The number of ether oxygens (including phenoxy) is 2. The zero-order chi connectivity index (χ0) is 15.0. The summed E-state index contributed by atoms with van der Waals surface area (Å²) in [5.41, 5.74) is 1.31. The Balaban J connectivity index is 2.11. The van der Waals surface area contributed by atoms with Crippen molar-refractivity contribution in [2.24, 2.45) is 11.3 Å². The Morgan fingerprint density at radius 1 is 1.35 bits per heavy atom. The molecule has 112 valence electrons. The van der Waals surface area contributed by atoms with E-state index in [4.69, 9.17) is 9.47 Å². The summed E-state index contributed by atoms with van der Waals surface area (Å²) in [5, 5.41) is 0. The molecule has 2 rings (SSSR count). The van der Waals surface area contributed by atoms with E-state index >= 15 is 0 Å². The molecule has 1 heterocycles. The van der Waals surface area contributed by atoms with Crippen LogP contribution in [0, 0.1) is 11.3 Å². The quantitative estimate of drug-likeness (QED) is 0.831. The van der Waals surface area contributed by atoms with Crippen LogP contribution in [0.2, 0.25) is 0 Å². The second kappa shape index (κ2) is 5.51. The standard InChI is InChI=1S/C17H26O2S/c1-16(2,3)13(11-20)10-18-14-8-6-7-12-9-17(4,5)19-15(12)14/h6-8,13,20H,9-11H2,1-5H3. The van der Waals surface area contributed by atoms with Gasteiger partial charge in [-0.15, -0.1) is 0 Å². The molecule has 1 aromatic carbocycles. The van der Waals surface area contributed by atoms with Gasteiger partial charge < -0.3 is 9.47 Å². The minimum absolute atomic E-state index is 0.130. The third-order valence-electron chi connectivity index (χ3n) is 3.94. The number of benzene rings is 1. The highest BCUT2D eigenvalue weighted by atomic mass is 32.1. The molecule has 1 aliphatic heterocycles. The lowest BCUT2D eigenvalue weighted by Gasteiger charge is -2.29. The Morgan fingerprint density at radius 2 is 2.05 bits per heavy atom. The highest BCUT2D eigenvalue weighted by Gasteiger charge is 2.32. The molecule has 0 bridgehead atoms. The van der Waals surface area contributed by atoms with Gasteiger partial charge in [0, 0.05) is 17.9 Å². The predicted octanol–water partition coefficient (Wildman–Crippen LogP) is 4.37. The van der Waals surface area contributed by atoms with Crippen LogP contribution >= 0.6 is 12.6 Å². The molecule has 1 atom stereocenters. The first-order chi connectivity index (χ1) is 9.23. The minimum atomic E-state index is -0.130. The zero-order valence-corrected chi connectivity index (χ0v) is 14.1. The van der Waals surface area contributed by atoms with E-state index in [9.17, 15) is 0 Å². The van der Waals surface area contributed by atoms with Gasteiger partial charge in [-0.3, -0.25) is 0 Å². The van der Waals surface area contributed by atoms with Gasteiger partial charge >= 0.3 is 0 Å².